The van der Waals surface area contributed by atoms with Gasteiger partial charge in [-0.15, -0.1) is 0 Å². The van der Waals surface area contributed by atoms with Crippen molar-refractivity contribution in [1.29, 1.82) is 0 Å². The van der Waals surface area contributed by atoms with E-state index in [0.717, 1.165) is 24.2 Å². The summed E-state index contributed by atoms with van der Waals surface area (Å²) in [5.74, 6) is 0.543. The van der Waals surface area contributed by atoms with Gasteiger partial charge in [0.1, 0.15) is 17.1 Å². The minimum Gasteiger partial charge on any atom is -0.492 e. The molecule has 1 aromatic heterocycles. The Morgan fingerprint density at radius 2 is 2.43 bits per heavy atom. The predicted molar refractivity (Wildman–Crippen MR) is 76.3 cm³/mol. The predicted octanol–water partition coefficient (Wildman–Crippen LogP) is 1.18. The van der Waals surface area contributed by atoms with Crippen LogP contribution >= 0.6 is 0 Å². The van der Waals surface area contributed by atoms with Gasteiger partial charge in [0.15, 0.2) is 0 Å². The maximum atomic E-state index is 14.2. The summed E-state index contributed by atoms with van der Waals surface area (Å²) in [6.45, 7) is 3.66. The second-order valence-electron chi connectivity index (χ2n) is 5.95. The molecule has 0 spiro atoms. The highest BCUT2D eigenvalue weighted by Crippen LogP contribution is 2.25. The van der Waals surface area contributed by atoms with Crippen molar-refractivity contribution < 1.29 is 13.9 Å². The Bertz CT molecular complexity index is 548. The van der Waals surface area contributed by atoms with Crippen molar-refractivity contribution in [3.63, 3.8) is 0 Å². The number of nitrogens with one attached hydrogen (secondary N) is 1. The first kappa shape index (κ1) is 14.3. The molecule has 0 aromatic carbocycles. The average Bonchev–Trinajstić information content (AvgIpc) is 2.66. The highest BCUT2D eigenvalue weighted by molar-refractivity contribution is 5.92. The summed E-state index contributed by atoms with van der Waals surface area (Å²) >= 11 is 0. The summed E-state index contributed by atoms with van der Waals surface area (Å²) in [4.78, 5) is 18.3. The van der Waals surface area contributed by atoms with E-state index in [9.17, 15) is 9.18 Å². The lowest BCUT2D eigenvalue weighted by molar-refractivity contribution is 0.0650. The molecule has 0 saturated carbocycles. The van der Waals surface area contributed by atoms with Gasteiger partial charge in [-0.2, -0.15) is 0 Å². The van der Waals surface area contributed by atoms with Crippen LogP contribution in [0, 0.1) is 0 Å². The molecule has 3 rings (SSSR count). The van der Waals surface area contributed by atoms with Crippen molar-refractivity contribution in [1.82, 2.24) is 15.2 Å². The number of fused-ring (bicyclic) bond motifs is 1. The molecule has 1 N–H and O–H groups in total. The van der Waals surface area contributed by atoms with E-state index in [2.05, 4.69) is 10.3 Å². The molecule has 1 fully saturated rings. The Balaban J connectivity index is 1.81. The third-order valence-corrected chi connectivity index (χ3v) is 3.88. The highest BCUT2D eigenvalue weighted by Gasteiger charge is 2.32. The molecule has 6 heteroatoms. The molecule has 114 valence electrons. The van der Waals surface area contributed by atoms with E-state index in [4.69, 9.17) is 4.74 Å². The molecular formula is C15H20FN3O2. The van der Waals surface area contributed by atoms with Crippen molar-refractivity contribution >= 4 is 5.91 Å². The largest absolute Gasteiger partial charge is 0.492 e. The van der Waals surface area contributed by atoms with E-state index in [1.54, 1.807) is 17.2 Å². The number of halogens is 1. The first-order valence-corrected chi connectivity index (χ1v) is 7.36. The lowest BCUT2D eigenvalue weighted by Crippen LogP contribution is -2.42. The molecule has 0 radical (unpaired) electrons. The van der Waals surface area contributed by atoms with E-state index in [1.165, 1.54) is 6.92 Å². The number of hydrogen-bond acceptors (Lipinski definition) is 4. The van der Waals surface area contributed by atoms with Crippen molar-refractivity contribution in [3.8, 4) is 5.75 Å². The molecule has 21 heavy (non-hydrogen) atoms. The van der Waals surface area contributed by atoms with Gasteiger partial charge >= 0.3 is 0 Å². The van der Waals surface area contributed by atoms with Crippen LogP contribution in [0.15, 0.2) is 12.3 Å². The SMILES string of the molecule is CC1(F)CNCCN(C(=O)c2cc3c(cn2)OCCC3)C1. The maximum absolute atomic E-state index is 14.2. The van der Waals surface area contributed by atoms with Crippen LogP contribution in [0.1, 0.15) is 29.4 Å². The maximum Gasteiger partial charge on any atom is 0.272 e. The molecule has 5 nitrogen and oxygen atoms in total. The first-order chi connectivity index (χ1) is 10.1. The van der Waals surface area contributed by atoms with Gasteiger partial charge in [0.05, 0.1) is 19.3 Å². The fourth-order valence-electron chi connectivity index (χ4n) is 2.80. The summed E-state index contributed by atoms with van der Waals surface area (Å²) in [6, 6.07) is 1.78. The van der Waals surface area contributed by atoms with Gasteiger partial charge in [-0.05, 0) is 31.4 Å². The quantitative estimate of drug-likeness (QED) is 0.845. The lowest BCUT2D eigenvalue weighted by Gasteiger charge is -2.26. The van der Waals surface area contributed by atoms with Crippen LogP contribution in [0.2, 0.25) is 0 Å². The number of carbonyl (C=O) groups excluding carboxylic acids is 1. The smallest absolute Gasteiger partial charge is 0.272 e. The van der Waals surface area contributed by atoms with Gasteiger partial charge in [-0.25, -0.2) is 9.37 Å². The van der Waals surface area contributed by atoms with Gasteiger partial charge in [0.2, 0.25) is 0 Å². The Morgan fingerprint density at radius 3 is 3.29 bits per heavy atom. The van der Waals surface area contributed by atoms with Crippen LogP contribution in [-0.4, -0.2) is 54.2 Å². The van der Waals surface area contributed by atoms with Crippen molar-refractivity contribution in [2.24, 2.45) is 0 Å². The number of ether oxygens (including phenoxy) is 1. The monoisotopic (exact) mass is 293 g/mol. The van der Waals surface area contributed by atoms with Crippen LogP contribution in [0.25, 0.3) is 0 Å². The molecule has 1 unspecified atom stereocenters. The van der Waals surface area contributed by atoms with Crippen LogP contribution in [-0.2, 0) is 6.42 Å². The fourth-order valence-corrected chi connectivity index (χ4v) is 2.80. The topological polar surface area (TPSA) is 54.5 Å². The van der Waals surface area contributed by atoms with Crippen LogP contribution in [0.4, 0.5) is 4.39 Å². The highest BCUT2D eigenvalue weighted by atomic mass is 19.1. The lowest BCUT2D eigenvalue weighted by atomic mass is 10.1. The zero-order valence-electron chi connectivity index (χ0n) is 12.2. The van der Waals surface area contributed by atoms with Crippen molar-refractivity contribution in [2.75, 3.05) is 32.8 Å². The number of pyridine rings is 1. The number of alkyl halides is 1. The average molecular weight is 293 g/mol. The second-order valence-corrected chi connectivity index (χ2v) is 5.95. The Hall–Kier alpha value is -1.69. The zero-order chi connectivity index (χ0) is 14.9. The summed E-state index contributed by atoms with van der Waals surface area (Å²) in [5.41, 5.74) is -0.0313. The minimum absolute atomic E-state index is 0.0914. The summed E-state index contributed by atoms with van der Waals surface area (Å²) in [6.07, 6.45) is 3.44. The molecular weight excluding hydrogens is 273 g/mol. The number of nitrogens with zero attached hydrogens (tertiary/aromatic N) is 2. The van der Waals surface area contributed by atoms with Gasteiger partial charge in [0.25, 0.3) is 5.91 Å². The zero-order valence-corrected chi connectivity index (χ0v) is 12.2. The minimum atomic E-state index is -1.41. The standard InChI is InChI=1S/C15H20FN3O2/c1-15(16)9-17-4-5-19(10-15)14(20)12-7-11-3-2-6-21-13(11)8-18-12/h7-8,17H,2-6,9-10H2,1H3. The van der Waals surface area contributed by atoms with Crippen LogP contribution in [0.5, 0.6) is 5.75 Å². The second kappa shape index (κ2) is 5.60. The van der Waals surface area contributed by atoms with Gasteiger partial charge in [0, 0.05) is 19.6 Å². The third-order valence-electron chi connectivity index (χ3n) is 3.88. The van der Waals surface area contributed by atoms with E-state index >= 15 is 0 Å². The Kier molecular flexibility index (Phi) is 3.80. The first-order valence-electron chi connectivity index (χ1n) is 7.36. The van der Waals surface area contributed by atoms with Gasteiger partial charge < -0.3 is 15.0 Å². The molecule has 1 amide bonds. The molecule has 0 aliphatic carbocycles. The molecule has 0 bridgehead atoms. The van der Waals surface area contributed by atoms with E-state index in [-0.39, 0.29) is 19.0 Å². The summed E-state index contributed by atoms with van der Waals surface area (Å²) < 4.78 is 19.7. The number of aryl methyl sites for hydroxylation is 1. The number of aromatic nitrogens is 1. The van der Waals surface area contributed by atoms with E-state index in [1.807, 2.05) is 0 Å². The van der Waals surface area contributed by atoms with E-state index in [0.29, 0.717) is 25.4 Å². The third kappa shape index (κ3) is 3.15. The molecule has 1 aromatic rings. The van der Waals surface area contributed by atoms with E-state index < -0.39 is 5.67 Å². The van der Waals surface area contributed by atoms with Crippen LogP contribution < -0.4 is 10.1 Å². The molecule has 1 saturated heterocycles. The Labute approximate surface area is 123 Å². The number of hydrogen-bond donors (Lipinski definition) is 1. The summed E-state index contributed by atoms with van der Waals surface area (Å²) in [5, 5.41) is 3.01. The summed E-state index contributed by atoms with van der Waals surface area (Å²) in [7, 11) is 0. The van der Waals surface area contributed by atoms with Crippen molar-refractivity contribution in [2.45, 2.75) is 25.4 Å². The van der Waals surface area contributed by atoms with Gasteiger partial charge in [-0.1, -0.05) is 0 Å². The number of amides is 1. The molecule has 3 heterocycles. The van der Waals surface area contributed by atoms with Crippen LogP contribution in [0.3, 0.4) is 0 Å². The number of rotatable bonds is 1. The Morgan fingerprint density at radius 1 is 1.57 bits per heavy atom. The van der Waals surface area contributed by atoms with Gasteiger partial charge in [-0.3, -0.25) is 4.79 Å². The fraction of sp³-hybridized carbons (Fsp3) is 0.600. The molecule has 1 atom stereocenters. The number of carbonyl (C=O) groups is 1. The normalized spacial score (nSPS) is 25.7. The molecule has 2 aliphatic rings. The molecule has 2 aliphatic heterocycles. The van der Waals surface area contributed by atoms with Crippen molar-refractivity contribution in [3.05, 3.63) is 23.5 Å².